The van der Waals surface area contributed by atoms with Crippen molar-refractivity contribution in [2.24, 2.45) is 0 Å². The number of hydrogen-bond donors (Lipinski definition) is 1. The molecule has 116 valence electrons. The van der Waals surface area contributed by atoms with Gasteiger partial charge in [-0.15, -0.1) is 0 Å². The molecule has 1 N–H and O–H groups in total. The third kappa shape index (κ3) is 4.03. The molecule has 0 radical (unpaired) electrons. The van der Waals surface area contributed by atoms with Crippen molar-refractivity contribution >= 4 is 16.0 Å². The summed E-state index contributed by atoms with van der Waals surface area (Å²) in [7, 11) is -3.50. The molecule has 0 aromatic heterocycles. The van der Waals surface area contributed by atoms with Gasteiger partial charge < -0.3 is 5.11 Å². The average molecular weight is 312 g/mol. The lowest BCUT2D eigenvalue weighted by Crippen LogP contribution is -2.36. The van der Waals surface area contributed by atoms with Gasteiger partial charge in [-0.1, -0.05) is 12.1 Å². The van der Waals surface area contributed by atoms with E-state index in [1.165, 1.54) is 4.31 Å². The lowest BCUT2D eigenvalue weighted by Gasteiger charge is -2.21. The molecule has 21 heavy (non-hydrogen) atoms. The molecule has 0 bridgehead atoms. The van der Waals surface area contributed by atoms with Crippen LogP contribution in [-0.4, -0.2) is 61.4 Å². The van der Waals surface area contributed by atoms with Crippen molar-refractivity contribution in [3.05, 3.63) is 29.8 Å². The second kappa shape index (κ2) is 6.55. The molecule has 2 rings (SSSR count). The van der Waals surface area contributed by atoms with Gasteiger partial charge in [0, 0.05) is 26.2 Å². The maximum absolute atomic E-state index is 12.6. The quantitative estimate of drug-likeness (QED) is 0.889. The number of sulfonamides is 1. The number of hydrogen-bond acceptors (Lipinski definition) is 4. The fourth-order valence-electron chi connectivity index (χ4n) is 2.46. The first kappa shape index (κ1) is 15.9. The number of rotatable bonds is 4. The van der Waals surface area contributed by atoms with E-state index in [1.54, 1.807) is 23.1 Å². The van der Waals surface area contributed by atoms with Gasteiger partial charge in [0.1, 0.15) is 0 Å². The topological polar surface area (TPSA) is 77.9 Å². The molecular formula is C14H20N2O4S. The molecule has 0 aliphatic carbocycles. The van der Waals surface area contributed by atoms with E-state index in [0.29, 0.717) is 37.5 Å². The molecule has 0 atom stereocenters. The molecule has 1 aliphatic rings. The van der Waals surface area contributed by atoms with Gasteiger partial charge in [-0.25, -0.2) is 8.42 Å². The zero-order chi connectivity index (χ0) is 15.5. The molecule has 7 heteroatoms. The summed E-state index contributed by atoms with van der Waals surface area (Å²) in [5, 5.41) is 8.82. The predicted molar refractivity (Wildman–Crippen MR) is 78.6 cm³/mol. The summed E-state index contributed by atoms with van der Waals surface area (Å²) in [6.45, 7) is 3.60. The van der Waals surface area contributed by atoms with Crippen LogP contribution in [0.5, 0.6) is 0 Å². The molecule has 0 spiro atoms. The van der Waals surface area contributed by atoms with E-state index in [4.69, 9.17) is 5.11 Å². The zero-order valence-electron chi connectivity index (χ0n) is 12.0. The van der Waals surface area contributed by atoms with Gasteiger partial charge in [0.05, 0.1) is 11.4 Å². The molecule has 1 saturated heterocycles. The highest BCUT2D eigenvalue weighted by atomic mass is 32.2. The Labute approximate surface area is 125 Å². The van der Waals surface area contributed by atoms with E-state index < -0.39 is 16.0 Å². The first-order valence-electron chi connectivity index (χ1n) is 6.90. The Morgan fingerprint density at radius 3 is 2.67 bits per heavy atom. The minimum atomic E-state index is -3.50. The Morgan fingerprint density at radius 2 is 2.00 bits per heavy atom. The number of carbonyl (C=O) groups is 1. The standard InChI is InChI=1S/C14H20N2O4S/c1-12-4-2-5-13(10-12)21(19,20)16-7-3-6-15(8-9-16)11-14(17)18/h2,4-5,10H,3,6-9,11H2,1H3,(H,17,18). The van der Waals surface area contributed by atoms with E-state index in [-0.39, 0.29) is 6.54 Å². The van der Waals surface area contributed by atoms with E-state index in [1.807, 2.05) is 13.0 Å². The van der Waals surface area contributed by atoms with Crippen molar-refractivity contribution < 1.29 is 18.3 Å². The smallest absolute Gasteiger partial charge is 0.317 e. The van der Waals surface area contributed by atoms with Crippen molar-refractivity contribution in [2.45, 2.75) is 18.2 Å². The molecule has 1 fully saturated rings. The van der Waals surface area contributed by atoms with Crippen molar-refractivity contribution in [3.8, 4) is 0 Å². The van der Waals surface area contributed by atoms with Crippen molar-refractivity contribution in [3.63, 3.8) is 0 Å². The normalized spacial score (nSPS) is 18.3. The van der Waals surface area contributed by atoms with Crippen LogP contribution in [0, 0.1) is 6.92 Å². The highest BCUT2D eigenvalue weighted by molar-refractivity contribution is 7.89. The maximum atomic E-state index is 12.6. The molecule has 0 unspecified atom stereocenters. The van der Waals surface area contributed by atoms with Crippen LogP contribution in [0.2, 0.25) is 0 Å². The van der Waals surface area contributed by atoms with E-state index in [9.17, 15) is 13.2 Å². The van der Waals surface area contributed by atoms with Gasteiger partial charge in [0.15, 0.2) is 0 Å². The summed E-state index contributed by atoms with van der Waals surface area (Å²) < 4.78 is 26.7. The molecule has 6 nitrogen and oxygen atoms in total. The lowest BCUT2D eigenvalue weighted by atomic mass is 10.2. The van der Waals surface area contributed by atoms with Gasteiger partial charge in [0.25, 0.3) is 0 Å². The van der Waals surface area contributed by atoms with Crippen LogP contribution in [-0.2, 0) is 14.8 Å². The van der Waals surface area contributed by atoms with Crippen molar-refractivity contribution in [1.82, 2.24) is 9.21 Å². The summed E-state index contributed by atoms with van der Waals surface area (Å²) in [5.41, 5.74) is 0.901. The van der Waals surface area contributed by atoms with E-state index >= 15 is 0 Å². The Hall–Kier alpha value is -1.44. The summed E-state index contributed by atoms with van der Waals surface area (Å²) in [6.07, 6.45) is 0.637. The summed E-state index contributed by atoms with van der Waals surface area (Å²) in [5.74, 6) is -0.884. The molecule has 1 aliphatic heterocycles. The minimum Gasteiger partial charge on any atom is -0.480 e. The van der Waals surface area contributed by atoms with Crippen LogP contribution in [0.1, 0.15) is 12.0 Å². The van der Waals surface area contributed by atoms with Gasteiger partial charge in [-0.2, -0.15) is 4.31 Å². The second-order valence-corrected chi connectivity index (χ2v) is 7.18. The summed E-state index contributed by atoms with van der Waals surface area (Å²) >= 11 is 0. The SMILES string of the molecule is Cc1cccc(S(=O)(=O)N2CCCN(CC(=O)O)CC2)c1. The lowest BCUT2D eigenvalue weighted by molar-refractivity contribution is -0.138. The van der Waals surface area contributed by atoms with Crippen LogP contribution in [0.25, 0.3) is 0 Å². The first-order chi connectivity index (χ1) is 9.89. The van der Waals surface area contributed by atoms with Crippen LogP contribution < -0.4 is 0 Å². The van der Waals surface area contributed by atoms with Gasteiger partial charge in [-0.05, 0) is 31.0 Å². The third-order valence-corrected chi connectivity index (χ3v) is 5.43. The Bertz CT molecular complexity index is 615. The number of benzene rings is 1. The van der Waals surface area contributed by atoms with Crippen LogP contribution in [0.3, 0.4) is 0 Å². The minimum absolute atomic E-state index is 0.0433. The van der Waals surface area contributed by atoms with Gasteiger partial charge in [-0.3, -0.25) is 9.69 Å². The monoisotopic (exact) mass is 312 g/mol. The van der Waals surface area contributed by atoms with E-state index in [2.05, 4.69) is 0 Å². The molecule has 0 amide bonds. The fraction of sp³-hybridized carbons (Fsp3) is 0.500. The third-order valence-electron chi connectivity index (χ3n) is 3.53. The van der Waals surface area contributed by atoms with Crippen molar-refractivity contribution in [2.75, 3.05) is 32.7 Å². The first-order valence-corrected chi connectivity index (χ1v) is 8.34. The fourth-order valence-corrected chi connectivity index (χ4v) is 4.04. The molecule has 1 aromatic carbocycles. The van der Waals surface area contributed by atoms with Crippen LogP contribution in [0.15, 0.2) is 29.2 Å². The number of nitrogens with zero attached hydrogens (tertiary/aromatic N) is 2. The Morgan fingerprint density at radius 1 is 1.24 bits per heavy atom. The molecule has 1 heterocycles. The molecular weight excluding hydrogens is 292 g/mol. The highest BCUT2D eigenvalue weighted by Gasteiger charge is 2.27. The molecule has 0 saturated carbocycles. The van der Waals surface area contributed by atoms with Crippen LogP contribution in [0.4, 0.5) is 0 Å². The Balaban J connectivity index is 2.12. The number of aliphatic carboxylic acids is 1. The average Bonchev–Trinajstić information content (AvgIpc) is 2.64. The Kier molecular flexibility index (Phi) is 4.97. The predicted octanol–water partition coefficient (Wildman–Crippen LogP) is 0.776. The maximum Gasteiger partial charge on any atom is 0.317 e. The second-order valence-electron chi connectivity index (χ2n) is 5.24. The molecule has 1 aromatic rings. The van der Waals surface area contributed by atoms with Gasteiger partial charge in [0.2, 0.25) is 10.0 Å². The largest absolute Gasteiger partial charge is 0.480 e. The van der Waals surface area contributed by atoms with Crippen LogP contribution >= 0.6 is 0 Å². The van der Waals surface area contributed by atoms with Gasteiger partial charge >= 0.3 is 5.97 Å². The van der Waals surface area contributed by atoms with Crippen molar-refractivity contribution in [1.29, 1.82) is 0 Å². The summed E-state index contributed by atoms with van der Waals surface area (Å²) in [6, 6.07) is 6.85. The number of carboxylic acid groups (broad SMARTS) is 1. The summed E-state index contributed by atoms with van der Waals surface area (Å²) in [4.78, 5) is 12.8. The van der Waals surface area contributed by atoms with E-state index in [0.717, 1.165) is 5.56 Å². The zero-order valence-corrected chi connectivity index (χ0v) is 12.8. The number of carboxylic acids is 1. The highest BCUT2D eigenvalue weighted by Crippen LogP contribution is 2.18. The number of aryl methyl sites for hydroxylation is 1.